The lowest BCUT2D eigenvalue weighted by Gasteiger charge is -2.19. The molecule has 0 radical (unpaired) electrons. The highest BCUT2D eigenvalue weighted by molar-refractivity contribution is 6.42. The molecule has 0 fully saturated rings. The summed E-state index contributed by atoms with van der Waals surface area (Å²) >= 11 is 11.4. The lowest BCUT2D eigenvalue weighted by molar-refractivity contribution is -0.121. The molecule has 1 rings (SSSR count). The maximum atomic E-state index is 11.4. The van der Waals surface area contributed by atoms with Gasteiger partial charge in [-0.15, -0.1) is 0 Å². The SMILES string of the molecule is CN(C(=O)Nc1ccc(Cl)c(Cl)c1)C(O)O. The average molecular weight is 265 g/mol. The smallest absolute Gasteiger partial charge is 0.325 e. The zero-order valence-electron chi connectivity index (χ0n) is 8.32. The minimum atomic E-state index is -1.86. The number of nitrogens with one attached hydrogen (secondary N) is 1. The van der Waals surface area contributed by atoms with Crippen molar-refractivity contribution in [1.29, 1.82) is 0 Å². The molecule has 1 aromatic rings. The summed E-state index contributed by atoms with van der Waals surface area (Å²) in [5, 5.41) is 20.6. The van der Waals surface area contributed by atoms with Crippen LogP contribution in [0.3, 0.4) is 0 Å². The monoisotopic (exact) mass is 264 g/mol. The number of aliphatic hydroxyl groups excluding tert-OH is 1. The molecule has 0 aromatic heterocycles. The van der Waals surface area contributed by atoms with E-state index in [1.54, 1.807) is 6.07 Å². The van der Waals surface area contributed by atoms with Crippen molar-refractivity contribution < 1.29 is 15.0 Å². The van der Waals surface area contributed by atoms with E-state index in [1.807, 2.05) is 0 Å². The Morgan fingerprint density at radius 2 is 2.00 bits per heavy atom. The molecule has 0 atom stereocenters. The van der Waals surface area contributed by atoms with Crippen LogP contribution in [-0.2, 0) is 0 Å². The molecule has 0 spiro atoms. The zero-order chi connectivity index (χ0) is 12.3. The van der Waals surface area contributed by atoms with Gasteiger partial charge in [-0.05, 0) is 18.2 Å². The highest BCUT2D eigenvalue weighted by Crippen LogP contribution is 2.25. The molecular formula is C9H10Cl2N2O3. The first-order valence-electron chi connectivity index (χ1n) is 4.27. The minimum Gasteiger partial charge on any atom is -0.351 e. The summed E-state index contributed by atoms with van der Waals surface area (Å²) in [6.07, 6.45) is -1.86. The second-order valence-electron chi connectivity index (χ2n) is 3.02. The first kappa shape index (κ1) is 13.1. The fourth-order valence-electron chi connectivity index (χ4n) is 0.890. The molecule has 1 aromatic carbocycles. The van der Waals surface area contributed by atoms with Crippen molar-refractivity contribution >= 4 is 34.9 Å². The van der Waals surface area contributed by atoms with E-state index in [9.17, 15) is 4.79 Å². The molecule has 7 heteroatoms. The van der Waals surface area contributed by atoms with Gasteiger partial charge in [0.25, 0.3) is 0 Å². The van der Waals surface area contributed by atoms with Gasteiger partial charge in [-0.1, -0.05) is 23.2 Å². The van der Waals surface area contributed by atoms with Crippen LogP contribution in [0.15, 0.2) is 18.2 Å². The number of carbonyl (C=O) groups excluding carboxylic acids is 1. The van der Waals surface area contributed by atoms with Gasteiger partial charge in [-0.3, -0.25) is 4.90 Å². The Balaban J connectivity index is 2.74. The Kier molecular flexibility index (Phi) is 4.37. The van der Waals surface area contributed by atoms with Crippen molar-refractivity contribution in [3.63, 3.8) is 0 Å². The van der Waals surface area contributed by atoms with Crippen molar-refractivity contribution in [3.8, 4) is 0 Å². The topological polar surface area (TPSA) is 72.8 Å². The number of anilines is 1. The molecule has 88 valence electrons. The van der Waals surface area contributed by atoms with Crippen molar-refractivity contribution in [2.24, 2.45) is 0 Å². The third-order valence-electron chi connectivity index (χ3n) is 1.84. The van der Waals surface area contributed by atoms with Gasteiger partial charge in [-0.2, -0.15) is 0 Å². The number of halogens is 2. The van der Waals surface area contributed by atoms with Crippen LogP contribution < -0.4 is 5.32 Å². The Hall–Kier alpha value is -1.01. The fourth-order valence-corrected chi connectivity index (χ4v) is 1.19. The van der Waals surface area contributed by atoms with Crippen molar-refractivity contribution in [2.75, 3.05) is 12.4 Å². The van der Waals surface area contributed by atoms with Gasteiger partial charge < -0.3 is 15.5 Å². The number of amides is 2. The Bertz CT molecular complexity index is 398. The Morgan fingerprint density at radius 3 is 2.50 bits per heavy atom. The van der Waals surface area contributed by atoms with E-state index in [0.717, 1.165) is 0 Å². The van der Waals surface area contributed by atoms with Gasteiger partial charge >= 0.3 is 6.03 Å². The van der Waals surface area contributed by atoms with Gasteiger partial charge in [0.2, 0.25) is 6.41 Å². The highest BCUT2D eigenvalue weighted by atomic mass is 35.5. The van der Waals surface area contributed by atoms with Crippen molar-refractivity contribution in [2.45, 2.75) is 6.41 Å². The summed E-state index contributed by atoms with van der Waals surface area (Å²) in [5.74, 6) is 0. The quantitative estimate of drug-likeness (QED) is 0.713. The van der Waals surface area contributed by atoms with Gasteiger partial charge in [0, 0.05) is 12.7 Å². The largest absolute Gasteiger partial charge is 0.351 e. The third-order valence-corrected chi connectivity index (χ3v) is 2.58. The molecule has 0 saturated heterocycles. The number of aliphatic hydroxyl groups is 2. The minimum absolute atomic E-state index is 0.298. The van der Waals surface area contributed by atoms with E-state index in [0.29, 0.717) is 20.6 Å². The molecule has 0 unspecified atom stereocenters. The van der Waals surface area contributed by atoms with Gasteiger partial charge in [-0.25, -0.2) is 4.79 Å². The number of hydrogen-bond acceptors (Lipinski definition) is 3. The van der Waals surface area contributed by atoms with Crippen molar-refractivity contribution in [1.82, 2.24) is 4.90 Å². The maximum absolute atomic E-state index is 11.4. The van der Waals surface area contributed by atoms with Gasteiger partial charge in [0.15, 0.2) is 0 Å². The van der Waals surface area contributed by atoms with Crippen LogP contribution in [-0.4, -0.2) is 34.6 Å². The van der Waals surface area contributed by atoms with E-state index < -0.39 is 12.4 Å². The highest BCUT2D eigenvalue weighted by Gasteiger charge is 2.14. The fraction of sp³-hybridized carbons (Fsp3) is 0.222. The van der Waals surface area contributed by atoms with E-state index in [2.05, 4.69) is 5.32 Å². The van der Waals surface area contributed by atoms with Crippen LogP contribution in [0.25, 0.3) is 0 Å². The molecule has 0 bridgehead atoms. The molecule has 2 amide bonds. The molecule has 0 aliphatic rings. The number of benzene rings is 1. The standard InChI is InChI=1S/C9H10Cl2N2O3/c1-13(9(15)16)8(14)12-5-2-3-6(10)7(11)4-5/h2-4,9,15-16H,1H3,(H,12,14). The summed E-state index contributed by atoms with van der Waals surface area (Å²) in [6, 6.07) is 3.85. The molecule has 0 saturated carbocycles. The first-order valence-corrected chi connectivity index (χ1v) is 5.02. The first-order chi connectivity index (χ1) is 7.41. The molecule has 3 N–H and O–H groups in total. The summed E-state index contributed by atoms with van der Waals surface area (Å²) in [5.41, 5.74) is 0.409. The van der Waals surface area contributed by atoms with Crippen LogP contribution in [0.5, 0.6) is 0 Å². The van der Waals surface area contributed by atoms with E-state index in [4.69, 9.17) is 33.4 Å². The van der Waals surface area contributed by atoms with E-state index in [1.165, 1.54) is 19.2 Å². The van der Waals surface area contributed by atoms with Crippen LogP contribution in [0.4, 0.5) is 10.5 Å². The van der Waals surface area contributed by atoms with Crippen molar-refractivity contribution in [3.05, 3.63) is 28.2 Å². The lowest BCUT2D eigenvalue weighted by atomic mass is 10.3. The number of carbonyl (C=O) groups is 1. The summed E-state index contributed by atoms with van der Waals surface area (Å²) in [6.45, 7) is 0. The molecule has 0 aliphatic carbocycles. The lowest BCUT2D eigenvalue weighted by Crippen LogP contribution is -2.39. The second kappa shape index (κ2) is 5.36. The molecule has 0 heterocycles. The molecule has 0 aliphatic heterocycles. The van der Waals surface area contributed by atoms with E-state index in [-0.39, 0.29) is 0 Å². The number of nitrogens with zero attached hydrogens (tertiary/aromatic N) is 1. The predicted octanol–water partition coefficient (Wildman–Crippen LogP) is 1.73. The Labute approximate surface area is 102 Å². The third kappa shape index (κ3) is 3.24. The molecule has 16 heavy (non-hydrogen) atoms. The summed E-state index contributed by atoms with van der Waals surface area (Å²) in [4.78, 5) is 12.1. The number of hydrogen-bond donors (Lipinski definition) is 3. The van der Waals surface area contributed by atoms with Crippen LogP contribution in [0, 0.1) is 0 Å². The average Bonchev–Trinajstić information content (AvgIpc) is 2.22. The normalized spacial score (nSPS) is 10.4. The van der Waals surface area contributed by atoms with Crippen LogP contribution >= 0.6 is 23.2 Å². The second-order valence-corrected chi connectivity index (χ2v) is 3.83. The van der Waals surface area contributed by atoms with Crippen LogP contribution in [0.1, 0.15) is 0 Å². The predicted molar refractivity (Wildman–Crippen MR) is 61.5 cm³/mol. The molecule has 5 nitrogen and oxygen atoms in total. The molecular weight excluding hydrogens is 255 g/mol. The van der Waals surface area contributed by atoms with Gasteiger partial charge in [0.1, 0.15) is 0 Å². The zero-order valence-corrected chi connectivity index (χ0v) is 9.83. The van der Waals surface area contributed by atoms with E-state index >= 15 is 0 Å². The van der Waals surface area contributed by atoms with Gasteiger partial charge in [0.05, 0.1) is 10.0 Å². The summed E-state index contributed by atoms with van der Waals surface area (Å²) < 4.78 is 0. The number of rotatable bonds is 2. The number of urea groups is 1. The summed E-state index contributed by atoms with van der Waals surface area (Å²) in [7, 11) is 1.23. The van der Waals surface area contributed by atoms with Crippen LogP contribution in [0.2, 0.25) is 10.0 Å². The maximum Gasteiger partial charge on any atom is 0.325 e. The Morgan fingerprint density at radius 1 is 1.38 bits per heavy atom.